The zero-order valence-corrected chi connectivity index (χ0v) is 19.3. The molecule has 0 heterocycles. The first-order valence-corrected chi connectivity index (χ1v) is 11.0. The number of hydrogen-bond donors (Lipinski definition) is 1. The van der Waals surface area contributed by atoms with E-state index in [2.05, 4.69) is 56.1 Å². The second-order valence-electron chi connectivity index (χ2n) is 7.60. The second kappa shape index (κ2) is 10.9. The first kappa shape index (κ1) is 22.8. The van der Waals surface area contributed by atoms with Gasteiger partial charge in [0.15, 0.2) is 11.5 Å². The highest BCUT2D eigenvalue weighted by Gasteiger charge is 2.14. The van der Waals surface area contributed by atoms with Gasteiger partial charge in [-0.15, -0.1) is 6.58 Å². The van der Waals surface area contributed by atoms with Gasteiger partial charge in [-0.1, -0.05) is 41.9 Å². The minimum atomic E-state index is 0.421. The number of benzene rings is 3. The molecule has 3 nitrogen and oxygen atoms in total. The maximum Gasteiger partial charge on any atom is 0.165 e. The molecule has 1 N–H and O–H groups in total. The summed E-state index contributed by atoms with van der Waals surface area (Å²) in [5, 5.41) is 4.25. The third-order valence-corrected chi connectivity index (χ3v) is 5.24. The van der Waals surface area contributed by atoms with E-state index in [9.17, 15) is 0 Å². The summed E-state index contributed by atoms with van der Waals surface area (Å²) in [6, 6.07) is 18.4. The Bertz CT molecular complexity index is 1050. The topological polar surface area (TPSA) is 30.5 Å². The van der Waals surface area contributed by atoms with Crippen LogP contribution in [0.1, 0.15) is 34.7 Å². The maximum absolute atomic E-state index is 6.22. The molecule has 0 bridgehead atoms. The van der Waals surface area contributed by atoms with Gasteiger partial charge in [-0.3, -0.25) is 0 Å². The first-order chi connectivity index (χ1) is 15.0. The average molecular weight is 436 g/mol. The van der Waals surface area contributed by atoms with E-state index in [4.69, 9.17) is 21.1 Å². The van der Waals surface area contributed by atoms with Gasteiger partial charge in [-0.2, -0.15) is 0 Å². The van der Waals surface area contributed by atoms with Crippen LogP contribution in [-0.2, 0) is 19.6 Å². The summed E-state index contributed by atoms with van der Waals surface area (Å²) in [7, 11) is 0. The monoisotopic (exact) mass is 435 g/mol. The Balaban J connectivity index is 1.86. The molecule has 3 rings (SSSR count). The van der Waals surface area contributed by atoms with Crippen LogP contribution < -0.4 is 14.8 Å². The van der Waals surface area contributed by atoms with E-state index in [0.29, 0.717) is 31.2 Å². The van der Waals surface area contributed by atoms with Crippen LogP contribution in [0.3, 0.4) is 0 Å². The van der Waals surface area contributed by atoms with E-state index in [-0.39, 0.29) is 0 Å². The fraction of sp³-hybridized carbons (Fsp3) is 0.259. The molecule has 31 heavy (non-hydrogen) atoms. The predicted octanol–water partition coefficient (Wildman–Crippen LogP) is 7.28. The van der Waals surface area contributed by atoms with Crippen molar-refractivity contribution in [3.63, 3.8) is 0 Å². The van der Waals surface area contributed by atoms with Crippen LogP contribution in [0.2, 0.25) is 5.02 Å². The molecule has 0 spiro atoms. The highest BCUT2D eigenvalue weighted by atomic mass is 35.5. The van der Waals surface area contributed by atoms with Crippen molar-refractivity contribution in [3.05, 3.63) is 100 Å². The number of rotatable bonds is 10. The summed E-state index contributed by atoms with van der Waals surface area (Å²) in [5.41, 5.74) is 6.81. The van der Waals surface area contributed by atoms with Crippen LogP contribution in [-0.4, -0.2) is 6.61 Å². The Morgan fingerprint density at radius 3 is 2.58 bits per heavy atom. The normalized spacial score (nSPS) is 10.6. The minimum Gasteiger partial charge on any atom is -0.490 e. The Kier molecular flexibility index (Phi) is 8.02. The molecule has 3 aromatic rings. The summed E-state index contributed by atoms with van der Waals surface area (Å²) < 4.78 is 12.2. The highest BCUT2D eigenvalue weighted by molar-refractivity contribution is 6.30. The van der Waals surface area contributed by atoms with Crippen molar-refractivity contribution in [1.29, 1.82) is 0 Å². The van der Waals surface area contributed by atoms with E-state index in [1.165, 1.54) is 11.1 Å². The van der Waals surface area contributed by atoms with Crippen molar-refractivity contribution in [1.82, 2.24) is 0 Å². The summed E-state index contributed by atoms with van der Waals surface area (Å²) in [5.74, 6) is 1.51. The van der Waals surface area contributed by atoms with E-state index in [1.807, 2.05) is 37.3 Å². The van der Waals surface area contributed by atoms with E-state index in [1.54, 1.807) is 0 Å². The van der Waals surface area contributed by atoms with Gasteiger partial charge in [-0.25, -0.2) is 0 Å². The third kappa shape index (κ3) is 6.28. The molecule has 0 radical (unpaired) electrons. The average Bonchev–Trinajstić information content (AvgIpc) is 2.74. The van der Waals surface area contributed by atoms with Crippen LogP contribution in [0.5, 0.6) is 11.5 Å². The maximum atomic E-state index is 6.22. The third-order valence-electron chi connectivity index (χ3n) is 5.00. The van der Waals surface area contributed by atoms with Crippen LogP contribution >= 0.6 is 11.6 Å². The lowest BCUT2D eigenvalue weighted by Gasteiger charge is -2.18. The van der Waals surface area contributed by atoms with E-state index in [0.717, 1.165) is 33.9 Å². The SMILES string of the molecule is C=CCc1cc(CNc2cc(C)ccc2C)cc(OCC)c1OCc1cccc(Cl)c1. The molecule has 0 aromatic heterocycles. The number of aryl methyl sites for hydroxylation is 2. The Morgan fingerprint density at radius 2 is 1.84 bits per heavy atom. The van der Waals surface area contributed by atoms with Crippen molar-refractivity contribution >= 4 is 17.3 Å². The number of allylic oxidation sites excluding steroid dienone is 1. The lowest BCUT2D eigenvalue weighted by molar-refractivity contribution is 0.267. The Morgan fingerprint density at radius 1 is 1.00 bits per heavy atom. The number of halogens is 1. The molecule has 0 fully saturated rings. The molecule has 162 valence electrons. The van der Waals surface area contributed by atoms with Crippen molar-refractivity contribution in [2.24, 2.45) is 0 Å². The smallest absolute Gasteiger partial charge is 0.165 e. The van der Waals surface area contributed by atoms with Gasteiger partial charge in [0.2, 0.25) is 0 Å². The fourth-order valence-corrected chi connectivity index (χ4v) is 3.68. The van der Waals surface area contributed by atoms with Gasteiger partial charge in [-0.05, 0) is 79.8 Å². The molecule has 0 saturated heterocycles. The zero-order chi connectivity index (χ0) is 22.2. The fourth-order valence-electron chi connectivity index (χ4n) is 3.46. The molecule has 0 saturated carbocycles. The minimum absolute atomic E-state index is 0.421. The summed E-state index contributed by atoms with van der Waals surface area (Å²) in [6.07, 6.45) is 2.58. The standard InChI is InChI=1S/C27H30ClNO2/c1-5-8-23-14-22(17-29-25-13-19(3)11-12-20(25)4)16-26(30-6-2)27(23)31-18-21-9-7-10-24(28)15-21/h5,7,9-16,29H,1,6,8,17-18H2,2-4H3. The lowest BCUT2D eigenvalue weighted by Crippen LogP contribution is -2.06. The molecule has 0 aliphatic heterocycles. The van der Waals surface area contributed by atoms with Crippen LogP contribution in [0.15, 0.2) is 67.3 Å². The van der Waals surface area contributed by atoms with Crippen molar-refractivity contribution in [2.75, 3.05) is 11.9 Å². The molecule has 4 heteroatoms. The molecule has 0 atom stereocenters. The lowest BCUT2D eigenvalue weighted by atomic mass is 10.0. The number of nitrogens with one attached hydrogen (secondary N) is 1. The van der Waals surface area contributed by atoms with E-state index < -0.39 is 0 Å². The number of hydrogen-bond acceptors (Lipinski definition) is 3. The Labute approximate surface area is 190 Å². The van der Waals surface area contributed by atoms with Crippen molar-refractivity contribution < 1.29 is 9.47 Å². The van der Waals surface area contributed by atoms with Gasteiger partial charge >= 0.3 is 0 Å². The molecule has 0 aliphatic rings. The predicted molar refractivity (Wildman–Crippen MR) is 131 cm³/mol. The quantitative estimate of drug-likeness (QED) is 0.339. The first-order valence-electron chi connectivity index (χ1n) is 10.6. The van der Waals surface area contributed by atoms with Crippen LogP contribution in [0.25, 0.3) is 0 Å². The summed E-state index contributed by atoms with van der Waals surface area (Å²) in [6.45, 7) is 11.8. The van der Waals surface area contributed by atoms with Crippen LogP contribution in [0.4, 0.5) is 5.69 Å². The van der Waals surface area contributed by atoms with Crippen molar-refractivity contribution in [2.45, 2.75) is 40.3 Å². The highest BCUT2D eigenvalue weighted by Crippen LogP contribution is 2.35. The zero-order valence-electron chi connectivity index (χ0n) is 18.5. The molecule has 0 unspecified atom stereocenters. The summed E-state index contributed by atoms with van der Waals surface area (Å²) >= 11 is 6.12. The largest absolute Gasteiger partial charge is 0.490 e. The van der Waals surface area contributed by atoms with E-state index >= 15 is 0 Å². The molecule has 3 aromatic carbocycles. The Hall–Kier alpha value is -2.91. The van der Waals surface area contributed by atoms with Gasteiger partial charge in [0.1, 0.15) is 6.61 Å². The number of ether oxygens (including phenoxy) is 2. The van der Waals surface area contributed by atoms with Gasteiger partial charge in [0.05, 0.1) is 6.61 Å². The van der Waals surface area contributed by atoms with Gasteiger partial charge in [0, 0.05) is 22.8 Å². The molecule has 0 amide bonds. The second-order valence-corrected chi connectivity index (χ2v) is 8.03. The molecular formula is C27H30ClNO2. The van der Waals surface area contributed by atoms with Crippen molar-refractivity contribution in [3.8, 4) is 11.5 Å². The number of anilines is 1. The van der Waals surface area contributed by atoms with Gasteiger partial charge in [0.25, 0.3) is 0 Å². The molecule has 0 aliphatic carbocycles. The van der Waals surface area contributed by atoms with Gasteiger partial charge < -0.3 is 14.8 Å². The van der Waals surface area contributed by atoms with Crippen LogP contribution in [0, 0.1) is 13.8 Å². The summed E-state index contributed by atoms with van der Waals surface area (Å²) in [4.78, 5) is 0. The molecular weight excluding hydrogens is 406 g/mol.